The van der Waals surface area contributed by atoms with Gasteiger partial charge in [0.15, 0.2) is 0 Å². The van der Waals surface area contributed by atoms with Crippen molar-refractivity contribution in [1.29, 1.82) is 0 Å². The molecule has 0 spiro atoms. The molecule has 0 N–H and O–H groups in total. The first kappa shape index (κ1) is 10.6. The van der Waals surface area contributed by atoms with E-state index < -0.39 is 0 Å². The van der Waals surface area contributed by atoms with Crippen LogP contribution in [-0.4, -0.2) is 0 Å². The zero-order valence-corrected chi connectivity index (χ0v) is 10.2. The van der Waals surface area contributed by atoms with Crippen molar-refractivity contribution in [3.8, 4) is 0 Å². The molecule has 0 aromatic rings. The topological polar surface area (TPSA) is 0 Å². The summed E-state index contributed by atoms with van der Waals surface area (Å²) in [4.78, 5) is 0. The second-order valence-corrected chi connectivity index (χ2v) is 5.25. The Morgan fingerprint density at radius 2 is 0.765 bits per heavy atom. The zero-order chi connectivity index (χ0) is 11.7. The Hall–Kier alpha value is -1.56. The third-order valence-electron chi connectivity index (χ3n) is 4.40. The molecule has 0 saturated heterocycles. The average molecular weight is 222 g/mol. The summed E-state index contributed by atoms with van der Waals surface area (Å²) in [5.74, 6) is 1.58. The number of hydrogen-bond acceptors (Lipinski definition) is 0. The lowest BCUT2D eigenvalue weighted by Gasteiger charge is -2.42. The molecule has 0 heterocycles. The van der Waals surface area contributed by atoms with Gasteiger partial charge >= 0.3 is 0 Å². The van der Waals surface area contributed by atoms with Crippen LogP contribution in [-0.2, 0) is 0 Å². The molecule has 0 nitrogen and oxygen atoms in total. The van der Waals surface area contributed by atoms with Crippen LogP contribution in [0.15, 0.2) is 72.9 Å². The van der Waals surface area contributed by atoms with Gasteiger partial charge in [-0.1, -0.05) is 79.8 Å². The normalized spacial score (nSPS) is 23.8. The van der Waals surface area contributed by atoms with Crippen molar-refractivity contribution < 1.29 is 0 Å². The summed E-state index contributed by atoms with van der Waals surface area (Å²) in [6.07, 6.45) is 27.0. The third kappa shape index (κ3) is 1.59. The summed E-state index contributed by atoms with van der Waals surface area (Å²) in [6, 6.07) is 0. The molecular weight excluding hydrogens is 204 g/mol. The van der Waals surface area contributed by atoms with Gasteiger partial charge in [-0.3, -0.25) is 0 Å². The molecule has 0 unspecified atom stereocenters. The molecule has 0 bridgehead atoms. The summed E-state index contributed by atoms with van der Waals surface area (Å²) in [6.45, 7) is 2.41. The highest BCUT2D eigenvalue weighted by atomic mass is 14.5. The van der Waals surface area contributed by atoms with Crippen molar-refractivity contribution in [2.75, 3.05) is 0 Å². The Morgan fingerprint density at radius 1 is 0.529 bits per heavy atom. The highest BCUT2D eigenvalue weighted by Gasteiger charge is 2.43. The van der Waals surface area contributed by atoms with Gasteiger partial charge in [0.25, 0.3) is 0 Å². The van der Waals surface area contributed by atoms with Gasteiger partial charge in [0, 0.05) is 17.8 Å². The molecule has 0 amide bonds. The molecule has 86 valence electrons. The smallest absolute Gasteiger partial charge is 0.00239 e. The van der Waals surface area contributed by atoms with Crippen LogP contribution in [0.4, 0.5) is 0 Å². The molecule has 0 aromatic carbocycles. The van der Waals surface area contributed by atoms with Crippen LogP contribution in [0.2, 0.25) is 0 Å². The van der Waals surface area contributed by atoms with E-state index in [4.69, 9.17) is 0 Å². The second-order valence-electron chi connectivity index (χ2n) is 5.25. The average Bonchev–Trinajstić information content (AvgIpc) is 3.10. The first-order valence-corrected chi connectivity index (χ1v) is 6.37. The minimum absolute atomic E-state index is 0.219. The lowest BCUT2D eigenvalue weighted by Crippen LogP contribution is -2.36. The second kappa shape index (κ2) is 4.03. The van der Waals surface area contributed by atoms with E-state index in [0.717, 1.165) is 0 Å². The minimum atomic E-state index is 0.219. The van der Waals surface area contributed by atoms with Crippen molar-refractivity contribution >= 4 is 0 Å². The lowest BCUT2D eigenvalue weighted by atomic mass is 9.61. The number of rotatable bonds is 3. The van der Waals surface area contributed by atoms with Crippen molar-refractivity contribution in [3.05, 3.63) is 72.9 Å². The van der Waals surface area contributed by atoms with E-state index in [2.05, 4.69) is 79.8 Å². The molecule has 3 aliphatic carbocycles. The van der Waals surface area contributed by atoms with Gasteiger partial charge in [0.05, 0.1) is 0 Å². The quantitative estimate of drug-likeness (QED) is 0.670. The molecule has 0 aliphatic heterocycles. The van der Waals surface area contributed by atoms with Gasteiger partial charge in [0.1, 0.15) is 0 Å². The maximum Gasteiger partial charge on any atom is 0.00239 e. The predicted octanol–water partition coefficient (Wildman–Crippen LogP) is 4.22. The van der Waals surface area contributed by atoms with Gasteiger partial charge in [-0.25, -0.2) is 0 Å². The van der Waals surface area contributed by atoms with Crippen LogP contribution in [0, 0.1) is 23.2 Å². The molecule has 0 aromatic heterocycles. The Morgan fingerprint density at radius 3 is 1.00 bits per heavy atom. The van der Waals surface area contributed by atoms with Crippen LogP contribution in [0.1, 0.15) is 6.92 Å². The minimum Gasteiger partial charge on any atom is -0.0770 e. The Kier molecular flexibility index (Phi) is 2.51. The van der Waals surface area contributed by atoms with E-state index in [0.29, 0.717) is 17.8 Å². The molecule has 0 fully saturated rings. The highest BCUT2D eigenvalue weighted by molar-refractivity contribution is 5.33. The summed E-state index contributed by atoms with van der Waals surface area (Å²) in [5.41, 5.74) is 0.219. The summed E-state index contributed by atoms with van der Waals surface area (Å²) < 4.78 is 0. The predicted molar refractivity (Wildman–Crippen MR) is 73.4 cm³/mol. The van der Waals surface area contributed by atoms with Crippen LogP contribution in [0.25, 0.3) is 0 Å². The Labute approximate surface area is 103 Å². The number of allylic oxidation sites excluding steroid dienone is 12. The fraction of sp³-hybridized carbons (Fsp3) is 0.294. The van der Waals surface area contributed by atoms with Gasteiger partial charge in [0.2, 0.25) is 0 Å². The van der Waals surface area contributed by atoms with Gasteiger partial charge in [-0.15, -0.1) is 0 Å². The van der Waals surface area contributed by atoms with E-state index in [1.54, 1.807) is 0 Å². The van der Waals surface area contributed by atoms with E-state index in [1.807, 2.05) is 0 Å². The maximum atomic E-state index is 2.41. The largest absolute Gasteiger partial charge is 0.0770 e. The van der Waals surface area contributed by atoms with E-state index in [-0.39, 0.29) is 5.41 Å². The third-order valence-corrected chi connectivity index (χ3v) is 4.40. The lowest BCUT2D eigenvalue weighted by molar-refractivity contribution is 0.175. The molecular formula is C17H18. The van der Waals surface area contributed by atoms with Crippen LogP contribution in [0.3, 0.4) is 0 Å². The van der Waals surface area contributed by atoms with Gasteiger partial charge in [-0.2, -0.15) is 0 Å². The Balaban J connectivity index is 1.99. The molecule has 0 radical (unpaired) electrons. The zero-order valence-electron chi connectivity index (χ0n) is 10.2. The first-order valence-electron chi connectivity index (χ1n) is 6.37. The highest BCUT2D eigenvalue weighted by Crippen LogP contribution is 2.49. The van der Waals surface area contributed by atoms with Gasteiger partial charge in [-0.05, 0) is 5.41 Å². The molecule has 0 heteroatoms. The van der Waals surface area contributed by atoms with Crippen molar-refractivity contribution in [1.82, 2.24) is 0 Å². The van der Waals surface area contributed by atoms with E-state index in [9.17, 15) is 0 Å². The van der Waals surface area contributed by atoms with E-state index in [1.165, 1.54) is 0 Å². The van der Waals surface area contributed by atoms with Crippen molar-refractivity contribution in [2.24, 2.45) is 23.2 Å². The number of hydrogen-bond donors (Lipinski definition) is 0. The van der Waals surface area contributed by atoms with E-state index >= 15 is 0 Å². The molecule has 0 saturated carbocycles. The fourth-order valence-electron chi connectivity index (χ4n) is 3.21. The van der Waals surface area contributed by atoms with Crippen molar-refractivity contribution in [2.45, 2.75) is 6.92 Å². The standard InChI is InChI=1S/C17H18/c1-17(14-8-2-3-9-14,15-10-4-5-11-15)16-12-6-7-13-16/h2-16H,1H3. The fourth-order valence-corrected chi connectivity index (χ4v) is 3.21. The maximum absolute atomic E-state index is 2.41. The molecule has 3 rings (SSSR count). The van der Waals surface area contributed by atoms with Crippen LogP contribution in [0.5, 0.6) is 0 Å². The summed E-state index contributed by atoms with van der Waals surface area (Å²) >= 11 is 0. The molecule has 0 atom stereocenters. The van der Waals surface area contributed by atoms with Gasteiger partial charge < -0.3 is 0 Å². The van der Waals surface area contributed by atoms with Crippen molar-refractivity contribution in [3.63, 3.8) is 0 Å². The molecule has 3 aliphatic rings. The summed E-state index contributed by atoms with van der Waals surface area (Å²) in [7, 11) is 0. The first-order chi connectivity index (χ1) is 8.32. The van der Waals surface area contributed by atoms with Crippen LogP contribution >= 0.6 is 0 Å². The van der Waals surface area contributed by atoms with Crippen LogP contribution < -0.4 is 0 Å². The summed E-state index contributed by atoms with van der Waals surface area (Å²) in [5, 5.41) is 0. The Bertz CT molecular complexity index is 363. The molecule has 17 heavy (non-hydrogen) atoms. The monoisotopic (exact) mass is 222 g/mol. The SMILES string of the molecule is CC(C1C=CC=C1)(C1C=CC=C1)C1C=CC=C1.